The van der Waals surface area contributed by atoms with Crippen molar-refractivity contribution in [2.24, 2.45) is 17.8 Å². The molecule has 3 unspecified atom stereocenters. The Kier molecular flexibility index (Phi) is 3.81. The highest BCUT2D eigenvalue weighted by atomic mass is 28.4. The van der Waals surface area contributed by atoms with Crippen LogP contribution in [-0.2, 0) is 9.22 Å². The fourth-order valence-electron chi connectivity index (χ4n) is 3.15. The first kappa shape index (κ1) is 13.6. The fourth-order valence-corrected chi connectivity index (χ4v) is 4.99. The molecule has 2 rings (SSSR count). The van der Waals surface area contributed by atoms with E-state index in [9.17, 15) is 4.79 Å². The predicted molar refractivity (Wildman–Crippen MR) is 76.7 cm³/mol. The van der Waals surface area contributed by atoms with Crippen LogP contribution in [0, 0.1) is 17.8 Å². The Bertz CT molecular complexity index is 384. The Morgan fingerprint density at radius 2 is 2.11 bits per heavy atom. The lowest BCUT2D eigenvalue weighted by Crippen LogP contribution is -2.34. The minimum Gasteiger partial charge on any atom is -0.516 e. The molecule has 2 aliphatic rings. The summed E-state index contributed by atoms with van der Waals surface area (Å²) < 4.78 is 5.62. The second kappa shape index (κ2) is 5.04. The number of hydrogen-bond acceptors (Lipinski definition) is 2. The van der Waals surface area contributed by atoms with Gasteiger partial charge in [0.25, 0.3) is 0 Å². The van der Waals surface area contributed by atoms with Crippen molar-refractivity contribution in [1.82, 2.24) is 0 Å². The number of carbonyl (C=O) groups excluding carboxylic acids is 1. The summed E-state index contributed by atoms with van der Waals surface area (Å²) in [5, 5.41) is 0. The van der Waals surface area contributed by atoms with E-state index >= 15 is 0 Å². The van der Waals surface area contributed by atoms with Gasteiger partial charge in [-0.2, -0.15) is 0 Å². The zero-order chi connectivity index (χ0) is 13.3. The topological polar surface area (TPSA) is 26.3 Å². The van der Waals surface area contributed by atoms with Crippen molar-refractivity contribution in [3.05, 3.63) is 24.3 Å². The van der Waals surface area contributed by atoms with Gasteiger partial charge in [-0.15, -0.1) is 0 Å². The number of allylic oxidation sites excluding steroid dienone is 2. The lowest BCUT2D eigenvalue weighted by Gasteiger charge is -2.26. The summed E-state index contributed by atoms with van der Waals surface area (Å²) in [6.07, 6.45) is 8.70. The Labute approximate surface area is 111 Å². The van der Waals surface area contributed by atoms with E-state index < -0.39 is 8.32 Å². The normalized spacial score (nSPS) is 29.6. The first-order valence-electron chi connectivity index (χ1n) is 6.94. The van der Waals surface area contributed by atoms with Gasteiger partial charge in [-0.05, 0) is 63.1 Å². The summed E-state index contributed by atoms with van der Waals surface area (Å²) in [7, 11) is -1.86. The van der Waals surface area contributed by atoms with E-state index in [-0.39, 0.29) is 5.97 Å². The highest BCUT2D eigenvalue weighted by molar-refractivity contribution is 6.72. The highest BCUT2D eigenvalue weighted by Gasteiger charge is 2.37. The molecule has 2 aliphatic carbocycles. The maximum atomic E-state index is 11.6. The summed E-state index contributed by atoms with van der Waals surface area (Å²) in [4.78, 5) is 11.6. The average Bonchev–Trinajstić information content (AvgIpc) is 2.87. The van der Waals surface area contributed by atoms with Crippen LogP contribution < -0.4 is 0 Å². The lowest BCUT2D eigenvalue weighted by atomic mass is 9.91. The van der Waals surface area contributed by atoms with Crippen LogP contribution in [0.5, 0.6) is 0 Å². The van der Waals surface area contributed by atoms with E-state index in [2.05, 4.69) is 31.8 Å². The molecule has 3 heteroatoms. The Morgan fingerprint density at radius 1 is 1.39 bits per heavy atom. The average molecular weight is 264 g/mol. The smallest absolute Gasteiger partial charge is 0.319 e. The summed E-state index contributed by atoms with van der Waals surface area (Å²) in [5.41, 5.74) is 0.512. The minimum absolute atomic E-state index is 0.209. The number of carbonyl (C=O) groups is 1. The van der Waals surface area contributed by atoms with E-state index in [1.54, 1.807) is 6.92 Å². The van der Waals surface area contributed by atoms with Crippen molar-refractivity contribution in [3.8, 4) is 0 Å². The van der Waals surface area contributed by atoms with Gasteiger partial charge in [-0.3, -0.25) is 0 Å². The fraction of sp³-hybridized carbons (Fsp3) is 0.667. The van der Waals surface area contributed by atoms with Gasteiger partial charge >= 0.3 is 5.97 Å². The molecule has 0 aromatic heterocycles. The van der Waals surface area contributed by atoms with Gasteiger partial charge in [-0.1, -0.05) is 18.7 Å². The third-order valence-corrected chi connectivity index (χ3v) is 6.48. The van der Waals surface area contributed by atoms with Gasteiger partial charge in [0.2, 0.25) is 8.32 Å². The summed E-state index contributed by atoms with van der Waals surface area (Å²) in [5.74, 6) is 2.26. The molecule has 0 radical (unpaired) electrons. The highest BCUT2D eigenvalue weighted by Crippen LogP contribution is 2.46. The van der Waals surface area contributed by atoms with Crippen LogP contribution in [0.25, 0.3) is 0 Å². The molecular formula is C15H24O2Si. The molecule has 0 spiro atoms. The second-order valence-electron chi connectivity index (χ2n) is 6.51. The van der Waals surface area contributed by atoms with Gasteiger partial charge in [-0.25, -0.2) is 4.79 Å². The van der Waals surface area contributed by atoms with Gasteiger partial charge in [0.15, 0.2) is 0 Å². The zero-order valence-electron chi connectivity index (χ0n) is 11.7. The van der Waals surface area contributed by atoms with Crippen LogP contribution >= 0.6 is 0 Å². The molecule has 0 N–H and O–H groups in total. The van der Waals surface area contributed by atoms with Crippen LogP contribution in [0.15, 0.2) is 24.3 Å². The monoisotopic (exact) mass is 264 g/mol. The molecule has 0 aromatic carbocycles. The van der Waals surface area contributed by atoms with Gasteiger partial charge in [0.1, 0.15) is 0 Å². The molecule has 3 atom stereocenters. The third kappa shape index (κ3) is 3.13. The molecule has 2 nitrogen and oxygen atoms in total. The molecule has 2 bridgehead atoms. The maximum absolute atomic E-state index is 11.6. The van der Waals surface area contributed by atoms with E-state index in [0.29, 0.717) is 5.57 Å². The summed E-state index contributed by atoms with van der Waals surface area (Å²) in [6, 6.07) is 1.08. The number of rotatable bonds is 5. The van der Waals surface area contributed by atoms with E-state index in [0.717, 1.165) is 23.8 Å². The van der Waals surface area contributed by atoms with E-state index in [4.69, 9.17) is 4.43 Å². The molecular weight excluding hydrogens is 240 g/mol. The third-order valence-electron chi connectivity index (χ3n) is 4.25. The molecule has 1 fully saturated rings. The Hall–Kier alpha value is -0.833. The van der Waals surface area contributed by atoms with Gasteiger partial charge in [0.05, 0.1) is 0 Å². The van der Waals surface area contributed by atoms with Crippen molar-refractivity contribution in [3.63, 3.8) is 0 Å². The molecule has 18 heavy (non-hydrogen) atoms. The second-order valence-corrected chi connectivity index (χ2v) is 10.7. The SMILES string of the molecule is C=C(C)C(=O)O[Si](C)(C)CCC1CC2C=CC1C2. The quantitative estimate of drug-likeness (QED) is 0.427. The van der Waals surface area contributed by atoms with Crippen LogP contribution in [0.3, 0.4) is 0 Å². The van der Waals surface area contributed by atoms with Crippen molar-refractivity contribution in [2.75, 3.05) is 0 Å². The van der Waals surface area contributed by atoms with Crippen molar-refractivity contribution in [2.45, 2.75) is 45.3 Å². The maximum Gasteiger partial charge on any atom is 0.319 e. The zero-order valence-corrected chi connectivity index (χ0v) is 12.7. The molecule has 0 aromatic rings. The van der Waals surface area contributed by atoms with E-state index in [1.165, 1.54) is 19.3 Å². The molecule has 1 saturated carbocycles. The summed E-state index contributed by atoms with van der Waals surface area (Å²) in [6.45, 7) is 9.63. The lowest BCUT2D eigenvalue weighted by molar-refractivity contribution is -0.130. The predicted octanol–water partition coefficient (Wildman–Crippen LogP) is 3.91. The number of fused-ring (bicyclic) bond motifs is 2. The number of hydrogen-bond donors (Lipinski definition) is 0. The van der Waals surface area contributed by atoms with Crippen LogP contribution in [0.4, 0.5) is 0 Å². The molecule has 0 saturated heterocycles. The van der Waals surface area contributed by atoms with Crippen LogP contribution in [0.1, 0.15) is 26.2 Å². The Morgan fingerprint density at radius 3 is 2.61 bits per heavy atom. The van der Waals surface area contributed by atoms with Crippen LogP contribution in [-0.4, -0.2) is 14.3 Å². The molecule has 0 aliphatic heterocycles. The minimum atomic E-state index is -1.86. The largest absolute Gasteiger partial charge is 0.516 e. The first-order chi connectivity index (χ1) is 8.37. The van der Waals surface area contributed by atoms with E-state index in [1.807, 2.05) is 0 Å². The van der Waals surface area contributed by atoms with Gasteiger partial charge in [0, 0.05) is 5.57 Å². The van der Waals surface area contributed by atoms with Gasteiger partial charge < -0.3 is 4.43 Å². The van der Waals surface area contributed by atoms with Crippen molar-refractivity contribution < 1.29 is 9.22 Å². The standard InChI is InChI=1S/C15H24O2Si/c1-11(2)15(16)17-18(3,4)8-7-14-10-12-5-6-13(14)9-12/h5-6,12-14H,1,7-10H2,2-4H3. The molecule has 0 amide bonds. The molecule has 0 heterocycles. The van der Waals surface area contributed by atoms with Crippen molar-refractivity contribution >= 4 is 14.3 Å². The first-order valence-corrected chi connectivity index (χ1v) is 10.1. The van der Waals surface area contributed by atoms with Crippen LogP contribution in [0.2, 0.25) is 19.1 Å². The summed E-state index contributed by atoms with van der Waals surface area (Å²) >= 11 is 0. The Balaban J connectivity index is 1.80. The molecule has 100 valence electrons. The van der Waals surface area contributed by atoms with Crippen molar-refractivity contribution in [1.29, 1.82) is 0 Å².